The van der Waals surface area contributed by atoms with Crippen molar-refractivity contribution in [2.75, 3.05) is 59.4 Å². The Morgan fingerprint density at radius 1 is 1.18 bits per heavy atom. The minimum absolute atomic E-state index is 0.116. The molecule has 0 saturated carbocycles. The van der Waals surface area contributed by atoms with Crippen LogP contribution in [0.15, 0.2) is 4.99 Å². The van der Waals surface area contributed by atoms with Crippen LogP contribution in [0, 0.1) is 0 Å². The van der Waals surface area contributed by atoms with Gasteiger partial charge >= 0.3 is 0 Å². The molecule has 0 unspecified atom stereocenters. The van der Waals surface area contributed by atoms with Crippen LogP contribution in [0.25, 0.3) is 0 Å². The zero-order valence-corrected chi connectivity index (χ0v) is 18.5. The monoisotopic (exact) mass is 394 g/mol. The predicted octanol–water partition coefficient (Wildman–Crippen LogP) is 0.447. The van der Waals surface area contributed by atoms with Crippen molar-refractivity contribution < 1.29 is 9.59 Å². The first-order valence-corrected chi connectivity index (χ1v) is 10.5. The maximum atomic E-state index is 12.7. The highest BCUT2D eigenvalue weighted by Crippen LogP contribution is 2.24. The number of carbonyl (C=O) groups excluding carboxylic acids is 2. The average Bonchev–Trinajstić information content (AvgIpc) is 2.59. The summed E-state index contributed by atoms with van der Waals surface area (Å²) in [5.41, 5.74) is -0.269. The van der Waals surface area contributed by atoms with Crippen molar-refractivity contribution in [1.82, 2.24) is 24.9 Å². The number of hydrogen-bond donors (Lipinski definition) is 1. The van der Waals surface area contributed by atoms with Gasteiger partial charge in [0.15, 0.2) is 5.96 Å². The molecule has 0 aromatic carbocycles. The van der Waals surface area contributed by atoms with E-state index in [1.54, 1.807) is 0 Å². The topological polar surface area (TPSA) is 71.5 Å². The van der Waals surface area contributed by atoms with Crippen LogP contribution in [-0.2, 0) is 9.59 Å². The Morgan fingerprint density at radius 2 is 1.82 bits per heavy atom. The van der Waals surface area contributed by atoms with Crippen LogP contribution in [0.2, 0.25) is 0 Å². The normalized spacial score (nSPS) is 21.5. The number of carbonyl (C=O) groups is 2. The Bertz CT molecular complexity index is 581. The number of nitrogens with one attached hydrogen (secondary N) is 1. The Kier molecular flexibility index (Phi) is 7.69. The Labute approximate surface area is 169 Å². The molecule has 0 radical (unpaired) electrons. The van der Waals surface area contributed by atoms with Crippen LogP contribution in [0.5, 0.6) is 0 Å². The highest BCUT2D eigenvalue weighted by molar-refractivity contribution is 5.88. The van der Waals surface area contributed by atoms with E-state index in [0.29, 0.717) is 19.5 Å². The van der Waals surface area contributed by atoms with Gasteiger partial charge in [0.1, 0.15) is 0 Å². The number of likely N-dealkylation sites (N-methyl/N-ethyl adjacent to an activating group) is 1. The lowest BCUT2D eigenvalue weighted by Crippen LogP contribution is -2.66. The van der Waals surface area contributed by atoms with Crippen molar-refractivity contribution in [1.29, 1.82) is 0 Å². The number of hydrogen-bond acceptors (Lipinski definition) is 4. The fourth-order valence-electron chi connectivity index (χ4n) is 4.21. The van der Waals surface area contributed by atoms with E-state index in [0.717, 1.165) is 45.2 Å². The summed E-state index contributed by atoms with van der Waals surface area (Å²) < 4.78 is 0. The van der Waals surface area contributed by atoms with Crippen molar-refractivity contribution in [3.05, 3.63) is 0 Å². The van der Waals surface area contributed by atoms with E-state index in [2.05, 4.69) is 50.0 Å². The number of nitrogens with zero attached hydrogens (tertiary/aromatic N) is 5. The van der Waals surface area contributed by atoms with E-state index in [1.165, 1.54) is 0 Å². The van der Waals surface area contributed by atoms with Crippen LogP contribution in [0.4, 0.5) is 0 Å². The van der Waals surface area contributed by atoms with Gasteiger partial charge in [0.2, 0.25) is 11.8 Å². The van der Waals surface area contributed by atoms with Gasteiger partial charge in [-0.1, -0.05) is 0 Å². The zero-order valence-electron chi connectivity index (χ0n) is 18.5. The second kappa shape index (κ2) is 9.58. The second-order valence-electron chi connectivity index (χ2n) is 8.70. The van der Waals surface area contributed by atoms with Gasteiger partial charge in [-0.3, -0.25) is 14.6 Å². The van der Waals surface area contributed by atoms with Crippen LogP contribution in [0.1, 0.15) is 41.0 Å². The predicted molar refractivity (Wildman–Crippen MR) is 112 cm³/mol. The average molecular weight is 395 g/mol. The fraction of sp³-hybridized carbons (Fsp3) is 0.850. The second-order valence-corrected chi connectivity index (χ2v) is 8.70. The first-order chi connectivity index (χ1) is 13.2. The summed E-state index contributed by atoms with van der Waals surface area (Å²) in [6.07, 6.45) is 0.405. The molecule has 0 bridgehead atoms. The van der Waals surface area contributed by atoms with E-state index in [-0.39, 0.29) is 23.4 Å². The lowest BCUT2D eigenvalue weighted by Gasteiger charge is -2.49. The highest BCUT2D eigenvalue weighted by atomic mass is 16.2. The first-order valence-electron chi connectivity index (χ1n) is 10.5. The zero-order chi connectivity index (χ0) is 20.9. The van der Waals surface area contributed by atoms with Crippen molar-refractivity contribution in [2.45, 2.75) is 52.6 Å². The lowest BCUT2D eigenvalue weighted by molar-refractivity contribution is -0.145. The van der Waals surface area contributed by atoms with E-state index < -0.39 is 0 Å². The molecule has 2 aliphatic rings. The summed E-state index contributed by atoms with van der Waals surface area (Å²) in [5.74, 6) is 0.998. The summed E-state index contributed by atoms with van der Waals surface area (Å²) in [5, 5.41) is 3.29. The van der Waals surface area contributed by atoms with Crippen molar-refractivity contribution in [3.63, 3.8) is 0 Å². The Balaban J connectivity index is 1.98. The molecule has 8 heteroatoms. The molecular weight excluding hydrogens is 356 g/mol. The summed E-state index contributed by atoms with van der Waals surface area (Å²) in [4.78, 5) is 38.0. The molecule has 0 aliphatic carbocycles. The van der Waals surface area contributed by atoms with Crippen LogP contribution in [0.3, 0.4) is 0 Å². The van der Waals surface area contributed by atoms with Crippen molar-refractivity contribution in [2.24, 2.45) is 4.99 Å². The summed E-state index contributed by atoms with van der Waals surface area (Å²) in [7, 11) is 2.08. The van der Waals surface area contributed by atoms with Crippen molar-refractivity contribution in [3.8, 4) is 0 Å². The highest BCUT2D eigenvalue weighted by Gasteiger charge is 2.40. The quantitative estimate of drug-likeness (QED) is 0.541. The minimum Gasteiger partial charge on any atom is -0.357 e. The molecule has 0 atom stereocenters. The van der Waals surface area contributed by atoms with Crippen molar-refractivity contribution >= 4 is 17.8 Å². The molecule has 28 heavy (non-hydrogen) atoms. The number of amides is 2. The third-order valence-electron chi connectivity index (χ3n) is 5.42. The molecule has 2 heterocycles. The summed E-state index contributed by atoms with van der Waals surface area (Å²) >= 11 is 0. The summed E-state index contributed by atoms with van der Waals surface area (Å²) in [6.45, 7) is 15.9. The minimum atomic E-state index is -0.269. The molecular formula is C20H38N6O2. The van der Waals surface area contributed by atoms with Gasteiger partial charge in [-0.25, -0.2) is 0 Å². The molecule has 2 rings (SSSR count). The third kappa shape index (κ3) is 5.59. The van der Waals surface area contributed by atoms with E-state index >= 15 is 0 Å². The smallest absolute Gasteiger partial charge is 0.242 e. The van der Waals surface area contributed by atoms with Gasteiger partial charge < -0.3 is 24.9 Å². The lowest BCUT2D eigenvalue weighted by atomic mass is 9.96. The van der Waals surface area contributed by atoms with Crippen LogP contribution < -0.4 is 5.32 Å². The number of piperazine rings is 2. The molecule has 2 fully saturated rings. The molecule has 8 nitrogen and oxygen atoms in total. The Morgan fingerprint density at radius 3 is 2.36 bits per heavy atom. The van der Waals surface area contributed by atoms with Gasteiger partial charge in [-0.2, -0.15) is 0 Å². The fourth-order valence-corrected chi connectivity index (χ4v) is 4.21. The molecule has 1 N–H and O–H groups in total. The van der Waals surface area contributed by atoms with E-state index in [4.69, 9.17) is 0 Å². The SMILES string of the molecule is CCNC(=NCCC(=O)N1CCN(C)CC1)N1CC(=O)N(C(C)C)C(C)(C)C1. The van der Waals surface area contributed by atoms with Gasteiger partial charge in [0.05, 0.1) is 18.6 Å². The van der Waals surface area contributed by atoms with Gasteiger partial charge in [0, 0.05) is 51.7 Å². The molecule has 0 aromatic heterocycles. The van der Waals surface area contributed by atoms with Crippen LogP contribution >= 0.6 is 0 Å². The standard InChI is InChI=1S/C20H38N6O2/c1-7-21-19(22-9-8-17(27)24-12-10-23(6)11-13-24)25-14-18(28)26(16(2)3)20(4,5)15-25/h16H,7-15H2,1-6H3,(H,21,22). The van der Waals surface area contributed by atoms with Crippen LogP contribution in [-0.4, -0.2) is 108 Å². The molecule has 160 valence electrons. The van der Waals surface area contributed by atoms with E-state index in [1.807, 2.05) is 21.6 Å². The first kappa shape index (κ1) is 22.5. The summed E-state index contributed by atoms with van der Waals surface area (Å²) in [6, 6.07) is 0.172. The number of rotatable bonds is 5. The molecule has 0 spiro atoms. The molecule has 0 aromatic rings. The largest absolute Gasteiger partial charge is 0.357 e. The van der Waals surface area contributed by atoms with Gasteiger partial charge in [-0.15, -0.1) is 0 Å². The molecule has 2 aliphatic heterocycles. The van der Waals surface area contributed by atoms with Gasteiger partial charge in [0.25, 0.3) is 0 Å². The maximum absolute atomic E-state index is 12.7. The Hall–Kier alpha value is -1.83. The van der Waals surface area contributed by atoms with E-state index in [9.17, 15) is 9.59 Å². The maximum Gasteiger partial charge on any atom is 0.242 e. The number of aliphatic imine (C=N–C) groups is 1. The van der Waals surface area contributed by atoms with Gasteiger partial charge in [-0.05, 0) is 41.7 Å². The molecule has 2 saturated heterocycles. The molecule has 2 amide bonds. The third-order valence-corrected chi connectivity index (χ3v) is 5.42. The number of guanidine groups is 1.